The number of likely N-dealkylation sites (tertiary alicyclic amines) is 1. The molecule has 1 amide bonds. The van der Waals surface area contributed by atoms with E-state index in [-0.39, 0.29) is 18.2 Å². The second kappa shape index (κ2) is 7.14. The number of amides is 1. The molecular formula is C20H29NO3. The van der Waals surface area contributed by atoms with Crippen LogP contribution in [0.25, 0.3) is 0 Å². The number of carbonyl (C=O) groups excluding carboxylic acids is 1. The highest BCUT2D eigenvalue weighted by Gasteiger charge is 2.40. The van der Waals surface area contributed by atoms with Crippen LogP contribution in [0.5, 0.6) is 0 Å². The van der Waals surface area contributed by atoms with E-state index in [1.54, 1.807) is 0 Å². The summed E-state index contributed by atoms with van der Waals surface area (Å²) in [7, 11) is 0. The number of benzene rings is 1. The minimum atomic E-state index is -0.471. The Morgan fingerprint density at radius 2 is 1.88 bits per heavy atom. The normalized spacial score (nSPS) is 24.2. The lowest BCUT2D eigenvalue weighted by Crippen LogP contribution is -2.44. The van der Waals surface area contributed by atoms with Gasteiger partial charge in [-0.25, -0.2) is 4.79 Å². The Bertz CT molecular complexity index is 548. The summed E-state index contributed by atoms with van der Waals surface area (Å²) in [5, 5.41) is 0. The van der Waals surface area contributed by atoms with E-state index >= 15 is 0 Å². The van der Waals surface area contributed by atoms with E-state index in [0.29, 0.717) is 6.54 Å². The van der Waals surface area contributed by atoms with E-state index < -0.39 is 5.60 Å². The lowest BCUT2D eigenvalue weighted by Gasteiger charge is -2.30. The highest BCUT2D eigenvalue weighted by Crippen LogP contribution is 2.32. The molecule has 0 spiro atoms. The van der Waals surface area contributed by atoms with Crippen LogP contribution < -0.4 is 0 Å². The first-order valence-electron chi connectivity index (χ1n) is 9.07. The summed E-state index contributed by atoms with van der Waals surface area (Å²) in [6.07, 6.45) is 4.16. The second-order valence-corrected chi connectivity index (χ2v) is 8.03. The van der Waals surface area contributed by atoms with Crippen LogP contribution in [0.2, 0.25) is 0 Å². The van der Waals surface area contributed by atoms with Gasteiger partial charge in [-0.05, 0) is 57.9 Å². The van der Waals surface area contributed by atoms with Gasteiger partial charge in [0.15, 0.2) is 0 Å². The Morgan fingerprint density at radius 3 is 2.50 bits per heavy atom. The van der Waals surface area contributed by atoms with E-state index in [1.165, 1.54) is 18.4 Å². The minimum absolute atomic E-state index is 0.0565. The average molecular weight is 331 g/mol. The minimum Gasteiger partial charge on any atom is -0.444 e. The van der Waals surface area contributed by atoms with Crippen LogP contribution in [0.1, 0.15) is 45.6 Å². The summed E-state index contributed by atoms with van der Waals surface area (Å²) >= 11 is 0. The Morgan fingerprint density at radius 1 is 1.17 bits per heavy atom. The molecule has 0 N–H and O–H groups in total. The third-order valence-electron chi connectivity index (χ3n) is 4.64. The largest absolute Gasteiger partial charge is 0.444 e. The van der Waals surface area contributed by atoms with Gasteiger partial charge in [0.2, 0.25) is 0 Å². The van der Waals surface area contributed by atoms with Gasteiger partial charge in [0.05, 0.1) is 12.1 Å². The number of carbonyl (C=O) groups is 1. The van der Waals surface area contributed by atoms with Crippen molar-refractivity contribution in [3.05, 3.63) is 35.9 Å². The van der Waals surface area contributed by atoms with Gasteiger partial charge in [0, 0.05) is 13.2 Å². The molecule has 1 heterocycles. The molecule has 0 aromatic heterocycles. The summed E-state index contributed by atoms with van der Waals surface area (Å²) in [5.74, 6) is 0.734. The molecule has 1 aliphatic heterocycles. The zero-order chi connectivity index (χ0) is 17.2. The van der Waals surface area contributed by atoms with E-state index in [1.807, 2.05) is 43.9 Å². The highest BCUT2D eigenvalue weighted by molar-refractivity contribution is 5.69. The fraction of sp³-hybridized carbons (Fsp3) is 0.650. The first-order chi connectivity index (χ1) is 11.4. The van der Waals surface area contributed by atoms with Crippen molar-refractivity contribution in [2.75, 3.05) is 13.2 Å². The lowest BCUT2D eigenvalue weighted by atomic mass is 10.0. The van der Waals surface area contributed by atoms with Crippen molar-refractivity contribution in [1.82, 2.24) is 4.90 Å². The monoisotopic (exact) mass is 331 g/mol. The van der Waals surface area contributed by atoms with Crippen LogP contribution in [0.15, 0.2) is 30.3 Å². The zero-order valence-corrected chi connectivity index (χ0v) is 15.0. The second-order valence-electron chi connectivity index (χ2n) is 8.03. The topological polar surface area (TPSA) is 38.8 Å². The molecular weight excluding hydrogens is 302 g/mol. The van der Waals surface area contributed by atoms with Crippen LogP contribution in [0, 0.1) is 5.92 Å². The summed E-state index contributed by atoms with van der Waals surface area (Å²) in [5.41, 5.74) is 0.763. The maximum atomic E-state index is 12.6. The van der Waals surface area contributed by atoms with Crippen molar-refractivity contribution < 1.29 is 14.3 Å². The predicted octanol–water partition coefficient (Wildman–Crippen LogP) is 4.03. The first-order valence-corrected chi connectivity index (χ1v) is 9.07. The molecule has 2 atom stereocenters. The Labute approximate surface area is 145 Å². The van der Waals surface area contributed by atoms with Crippen LogP contribution >= 0.6 is 0 Å². The number of hydrogen-bond acceptors (Lipinski definition) is 3. The van der Waals surface area contributed by atoms with Crippen molar-refractivity contribution in [2.45, 2.75) is 64.2 Å². The third kappa shape index (κ3) is 4.73. The smallest absolute Gasteiger partial charge is 0.410 e. The summed E-state index contributed by atoms with van der Waals surface area (Å²) in [6.45, 7) is 7.27. The molecule has 132 valence electrons. The zero-order valence-electron chi connectivity index (χ0n) is 15.0. The Kier molecular flexibility index (Phi) is 5.14. The first kappa shape index (κ1) is 17.3. The summed E-state index contributed by atoms with van der Waals surface area (Å²) < 4.78 is 11.8. The number of ether oxygens (including phenoxy) is 2. The van der Waals surface area contributed by atoms with Crippen molar-refractivity contribution in [3.8, 4) is 0 Å². The van der Waals surface area contributed by atoms with Crippen molar-refractivity contribution in [1.29, 1.82) is 0 Å². The molecule has 4 nitrogen and oxygen atoms in total. The molecule has 0 unspecified atom stereocenters. The van der Waals surface area contributed by atoms with Crippen molar-refractivity contribution in [2.24, 2.45) is 5.92 Å². The van der Waals surface area contributed by atoms with Gasteiger partial charge < -0.3 is 14.4 Å². The molecule has 0 radical (unpaired) electrons. The van der Waals surface area contributed by atoms with Gasteiger partial charge in [-0.15, -0.1) is 0 Å². The van der Waals surface area contributed by atoms with Gasteiger partial charge >= 0.3 is 6.09 Å². The van der Waals surface area contributed by atoms with Crippen molar-refractivity contribution >= 4 is 6.09 Å². The molecule has 1 saturated heterocycles. The molecule has 1 aliphatic carbocycles. The maximum absolute atomic E-state index is 12.6. The molecule has 2 fully saturated rings. The fourth-order valence-electron chi connectivity index (χ4n) is 3.21. The van der Waals surface area contributed by atoms with Crippen LogP contribution in [-0.2, 0) is 15.9 Å². The maximum Gasteiger partial charge on any atom is 0.410 e. The highest BCUT2D eigenvalue weighted by atomic mass is 16.6. The summed E-state index contributed by atoms with van der Waals surface area (Å²) in [4.78, 5) is 14.5. The Hall–Kier alpha value is -1.55. The van der Waals surface area contributed by atoms with Crippen LogP contribution in [0.3, 0.4) is 0 Å². The number of nitrogens with zero attached hydrogens (tertiary/aromatic N) is 1. The molecule has 3 rings (SSSR count). The lowest BCUT2D eigenvalue weighted by molar-refractivity contribution is -0.00152. The molecule has 0 bridgehead atoms. The standard InChI is InChI=1S/C20H29NO3/c1-20(2,3)24-19(22)21-12-11-18(23-14-16-9-10-16)17(21)13-15-7-5-4-6-8-15/h4-8,16-18H,9-14H2,1-3H3/t17-,18+/m0/s1. The van der Waals surface area contributed by atoms with E-state index in [4.69, 9.17) is 9.47 Å². The number of hydrogen-bond donors (Lipinski definition) is 0. The summed E-state index contributed by atoms with van der Waals surface area (Å²) in [6, 6.07) is 10.4. The van der Waals surface area contributed by atoms with E-state index in [2.05, 4.69) is 12.1 Å². The SMILES string of the molecule is CC(C)(C)OC(=O)N1CC[C@@H](OCC2CC2)[C@@H]1Cc1ccccc1. The van der Waals surface area contributed by atoms with Crippen LogP contribution in [-0.4, -0.2) is 41.9 Å². The van der Waals surface area contributed by atoms with E-state index in [9.17, 15) is 4.79 Å². The van der Waals surface area contributed by atoms with Gasteiger partial charge in [0.1, 0.15) is 5.60 Å². The number of rotatable bonds is 5. The fourth-order valence-corrected chi connectivity index (χ4v) is 3.21. The molecule has 24 heavy (non-hydrogen) atoms. The van der Waals surface area contributed by atoms with Crippen LogP contribution in [0.4, 0.5) is 4.79 Å². The predicted molar refractivity (Wildman–Crippen MR) is 94.0 cm³/mol. The molecule has 4 heteroatoms. The average Bonchev–Trinajstić information content (AvgIpc) is 3.26. The third-order valence-corrected chi connectivity index (χ3v) is 4.64. The van der Waals surface area contributed by atoms with Gasteiger partial charge in [-0.1, -0.05) is 30.3 Å². The molecule has 2 aliphatic rings. The molecule has 1 saturated carbocycles. The molecule has 1 aromatic rings. The van der Waals surface area contributed by atoms with Crippen molar-refractivity contribution in [3.63, 3.8) is 0 Å². The Balaban J connectivity index is 1.69. The van der Waals surface area contributed by atoms with Gasteiger partial charge in [0.25, 0.3) is 0 Å². The van der Waals surface area contributed by atoms with Gasteiger partial charge in [-0.2, -0.15) is 0 Å². The van der Waals surface area contributed by atoms with Gasteiger partial charge in [-0.3, -0.25) is 0 Å². The quantitative estimate of drug-likeness (QED) is 0.817. The van der Waals surface area contributed by atoms with E-state index in [0.717, 1.165) is 25.4 Å². The molecule has 1 aromatic carbocycles.